The molecule has 2 amide bonds. The molecule has 1 saturated heterocycles. The Bertz CT molecular complexity index is 838. The zero-order valence-electron chi connectivity index (χ0n) is 16.9. The molecular weight excluding hydrogens is 426 g/mol. The number of thioether (sulfide) groups is 1. The lowest BCUT2D eigenvalue weighted by Gasteiger charge is -2.31. The summed E-state index contributed by atoms with van der Waals surface area (Å²) in [6, 6.07) is 7.59. The number of anilines is 2. The Labute approximate surface area is 183 Å². The van der Waals surface area contributed by atoms with E-state index in [9.17, 15) is 9.59 Å². The summed E-state index contributed by atoms with van der Waals surface area (Å²) in [5.41, 5.74) is 0.885. The van der Waals surface area contributed by atoms with Crippen LogP contribution in [0, 0.1) is 0 Å². The van der Waals surface area contributed by atoms with Crippen LogP contribution in [0.15, 0.2) is 28.6 Å². The molecule has 0 aliphatic carbocycles. The molecule has 162 valence electrons. The zero-order chi connectivity index (χ0) is 21.3. The van der Waals surface area contributed by atoms with Crippen LogP contribution in [0.4, 0.5) is 15.6 Å². The summed E-state index contributed by atoms with van der Waals surface area (Å²) in [6.45, 7) is 3.34. The maximum atomic E-state index is 12.3. The van der Waals surface area contributed by atoms with E-state index in [0.29, 0.717) is 24.8 Å². The van der Waals surface area contributed by atoms with Gasteiger partial charge in [0.05, 0.1) is 19.5 Å². The van der Waals surface area contributed by atoms with E-state index < -0.39 is 0 Å². The van der Waals surface area contributed by atoms with Crippen LogP contribution < -0.4 is 15.4 Å². The number of hydrogen-bond acceptors (Lipinski definition) is 9. The minimum absolute atomic E-state index is 0.0468. The average molecular weight is 452 g/mol. The number of likely N-dealkylation sites (tertiary alicyclic amines) is 1. The number of carbonyl (C=O) groups is 2. The largest absolute Gasteiger partial charge is 0.497 e. The van der Waals surface area contributed by atoms with Gasteiger partial charge in [0.25, 0.3) is 0 Å². The van der Waals surface area contributed by atoms with Crippen LogP contribution in [0.3, 0.4) is 0 Å². The number of nitrogens with one attached hydrogen (secondary N) is 2. The predicted molar refractivity (Wildman–Crippen MR) is 117 cm³/mol. The molecular formula is C19H25N5O4S2. The van der Waals surface area contributed by atoms with Crippen molar-refractivity contribution in [1.29, 1.82) is 0 Å². The Hall–Kier alpha value is -2.53. The lowest BCUT2D eigenvalue weighted by molar-refractivity contribution is -0.119. The number of methoxy groups -OCH3 is 1. The van der Waals surface area contributed by atoms with E-state index in [1.165, 1.54) is 23.1 Å². The molecule has 3 rings (SSSR count). The number of piperidine rings is 1. The number of benzene rings is 1. The summed E-state index contributed by atoms with van der Waals surface area (Å²) >= 11 is 2.75. The molecule has 2 aromatic rings. The quantitative estimate of drug-likeness (QED) is 0.590. The van der Waals surface area contributed by atoms with Crippen molar-refractivity contribution in [2.75, 3.05) is 37.9 Å². The number of hydrogen-bond donors (Lipinski definition) is 2. The van der Waals surface area contributed by atoms with Crippen LogP contribution in [0.25, 0.3) is 0 Å². The van der Waals surface area contributed by atoms with Crippen LogP contribution in [0.5, 0.6) is 5.75 Å². The SMILES string of the molecule is CCOC(=O)N1CCC(NC(=O)CSc2nnc(Nc3ccc(OC)cc3)s2)CC1. The molecule has 1 aliphatic rings. The third-order valence-electron chi connectivity index (χ3n) is 4.46. The number of nitrogens with zero attached hydrogens (tertiary/aromatic N) is 3. The van der Waals surface area contributed by atoms with Gasteiger partial charge in [0.1, 0.15) is 5.75 Å². The zero-order valence-corrected chi connectivity index (χ0v) is 18.6. The molecule has 0 atom stereocenters. The van der Waals surface area contributed by atoms with Gasteiger partial charge in [-0.2, -0.15) is 0 Å². The number of aromatic nitrogens is 2. The van der Waals surface area contributed by atoms with Gasteiger partial charge < -0.3 is 25.0 Å². The monoisotopic (exact) mass is 451 g/mol. The Morgan fingerprint density at radius 3 is 2.63 bits per heavy atom. The van der Waals surface area contributed by atoms with Gasteiger partial charge >= 0.3 is 6.09 Å². The van der Waals surface area contributed by atoms with Crippen LogP contribution in [-0.4, -0.2) is 65.7 Å². The Kier molecular flexibility index (Phi) is 8.14. The second kappa shape index (κ2) is 11.0. The van der Waals surface area contributed by atoms with E-state index in [2.05, 4.69) is 20.8 Å². The highest BCUT2D eigenvalue weighted by molar-refractivity contribution is 8.01. The van der Waals surface area contributed by atoms with Gasteiger partial charge in [-0.25, -0.2) is 4.79 Å². The number of amides is 2. The number of ether oxygens (including phenoxy) is 2. The highest BCUT2D eigenvalue weighted by Crippen LogP contribution is 2.28. The average Bonchev–Trinajstić information content (AvgIpc) is 3.21. The lowest BCUT2D eigenvalue weighted by Crippen LogP contribution is -2.47. The Morgan fingerprint density at radius 1 is 1.23 bits per heavy atom. The fourth-order valence-electron chi connectivity index (χ4n) is 2.93. The highest BCUT2D eigenvalue weighted by atomic mass is 32.2. The molecule has 1 fully saturated rings. The second-order valence-corrected chi connectivity index (χ2v) is 8.74. The first-order valence-corrected chi connectivity index (χ1v) is 11.5. The van der Waals surface area contributed by atoms with E-state index in [0.717, 1.165) is 28.6 Å². The Morgan fingerprint density at radius 2 is 1.97 bits per heavy atom. The molecule has 1 aromatic heterocycles. The van der Waals surface area contributed by atoms with Crippen LogP contribution in [0.1, 0.15) is 19.8 Å². The molecule has 1 aliphatic heterocycles. The molecule has 11 heteroatoms. The molecule has 0 spiro atoms. The maximum absolute atomic E-state index is 12.3. The topological polar surface area (TPSA) is 106 Å². The molecule has 2 heterocycles. The minimum atomic E-state index is -0.284. The molecule has 0 radical (unpaired) electrons. The van der Waals surface area contributed by atoms with Gasteiger partial charge in [0.15, 0.2) is 4.34 Å². The van der Waals surface area contributed by atoms with Gasteiger partial charge in [0.2, 0.25) is 11.0 Å². The molecule has 0 saturated carbocycles. The van der Waals surface area contributed by atoms with Crippen molar-refractivity contribution in [2.24, 2.45) is 0 Å². The normalized spacial score (nSPS) is 14.3. The molecule has 2 N–H and O–H groups in total. The van der Waals surface area contributed by atoms with E-state index >= 15 is 0 Å². The van der Waals surface area contributed by atoms with Crippen molar-refractivity contribution in [1.82, 2.24) is 20.4 Å². The van der Waals surface area contributed by atoms with E-state index in [1.807, 2.05) is 24.3 Å². The first-order chi connectivity index (χ1) is 14.6. The minimum Gasteiger partial charge on any atom is -0.497 e. The van der Waals surface area contributed by atoms with E-state index in [4.69, 9.17) is 9.47 Å². The summed E-state index contributed by atoms with van der Waals surface area (Å²) in [5, 5.41) is 15.1. The van der Waals surface area contributed by atoms with Crippen LogP contribution >= 0.6 is 23.1 Å². The van der Waals surface area contributed by atoms with Crippen molar-refractivity contribution < 1.29 is 19.1 Å². The lowest BCUT2D eigenvalue weighted by atomic mass is 10.1. The highest BCUT2D eigenvalue weighted by Gasteiger charge is 2.24. The third-order valence-corrected chi connectivity index (χ3v) is 6.43. The van der Waals surface area contributed by atoms with Gasteiger partial charge in [-0.15, -0.1) is 10.2 Å². The summed E-state index contributed by atoms with van der Waals surface area (Å²) in [6.07, 6.45) is 1.17. The number of rotatable bonds is 8. The summed E-state index contributed by atoms with van der Waals surface area (Å²) in [7, 11) is 1.62. The predicted octanol–water partition coefficient (Wildman–Crippen LogP) is 3.12. The maximum Gasteiger partial charge on any atom is 0.409 e. The second-order valence-electron chi connectivity index (χ2n) is 6.54. The van der Waals surface area contributed by atoms with E-state index in [1.54, 1.807) is 18.9 Å². The third kappa shape index (κ3) is 6.49. The smallest absolute Gasteiger partial charge is 0.409 e. The number of carbonyl (C=O) groups excluding carboxylic acids is 2. The molecule has 9 nitrogen and oxygen atoms in total. The van der Waals surface area contributed by atoms with Crippen molar-refractivity contribution in [2.45, 2.75) is 30.1 Å². The first-order valence-electron chi connectivity index (χ1n) is 9.65. The molecule has 0 unspecified atom stereocenters. The van der Waals surface area contributed by atoms with E-state index in [-0.39, 0.29) is 23.8 Å². The van der Waals surface area contributed by atoms with Gasteiger partial charge in [-0.1, -0.05) is 23.1 Å². The van der Waals surface area contributed by atoms with Crippen molar-refractivity contribution in [3.63, 3.8) is 0 Å². The standard InChI is InChI=1S/C19H25N5O4S2/c1-3-28-19(26)24-10-8-14(9-11-24)20-16(25)12-29-18-23-22-17(30-18)21-13-4-6-15(27-2)7-5-13/h4-7,14H,3,8-12H2,1-2H3,(H,20,25)(H,21,22). The van der Waals surface area contributed by atoms with Crippen LogP contribution in [0.2, 0.25) is 0 Å². The summed E-state index contributed by atoms with van der Waals surface area (Å²) in [5.74, 6) is 1.01. The molecule has 30 heavy (non-hydrogen) atoms. The van der Waals surface area contributed by atoms with Crippen LogP contribution in [-0.2, 0) is 9.53 Å². The molecule has 1 aromatic carbocycles. The van der Waals surface area contributed by atoms with Crippen molar-refractivity contribution in [3.05, 3.63) is 24.3 Å². The van der Waals surface area contributed by atoms with Gasteiger partial charge in [-0.05, 0) is 44.0 Å². The van der Waals surface area contributed by atoms with Crippen molar-refractivity contribution >= 4 is 45.9 Å². The Balaban J connectivity index is 1.38. The molecule has 0 bridgehead atoms. The fourth-order valence-corrected chi connectivity index (χ4v) is 4.52. The fraction of sp³-hybridized carbons (Fsp3) is 0.474. The summed E-state index contributed by atoms with van der Waals surface area (Å²) < 4.78 is 10.9. The van der Waals surface area contributed by atoms with Gasteiger partial charge in [-0.3, -0.25) is 4.79 Å². The van der Waals surface area contributed by atoms with Crippen molar-refractivity contribution in [3.8, 4) is 5.75 Å². The van der Waals surface area contributed by atoms with Gasteiger partial charge in [0, 0.05) is 24.8 Å². The summed E-state index contributed by atoms with van der Waals surface area (Å²) in [4.78, 5) is 25.7. The first kappa shape index (κ1) is 22.2.